The normalized spacial score (nSPS) is 12.0. The molecule has 21 heavy (non-hydrogen) atoms. The summed E-state index contributed by atoms with van der Waals surface area (Å²) < 4.78 is 4.00. The fourth-order valence-corrected chi connectivity index (χ4v) is 2.06. The molecular weight excluding hydrogens is 296 g/mol. The van der Waals surface area contributed by atoms with Crippen molar-refractivity contribution in [2.75, 3.05) is 0 Å². The number of aliphatic imine (C=N–C) groups is 1. The summed E-state index contributed by atoms with van der Waals surface area (Å²) in [6.45, 7) is 4.10. The van der Waals surface area contributed by atoms with Crippen LogP contribution >= 0.6 is 12.4 Å². The number of hydrogen-bond donors (Lipinski definition) is 1. The zero-order chi connectivity index (χ0) is 15.0. The smallest absolute Gasteiger partial charge is 0.332 e. The highest BCUT2D eigenvalue weighted by Gasteiger charge is 2.14. The van der Waals surface area contributed by atoms with Crippen molar-refractivity contribution < 1.29 is 0 Å². The molecule has 0 bridgehead atoms. The molecule has 0 atom stereocenters. The number of hydrogen-bond acceptors (Lipinski definition) is 4. The molecule has 0 aromatic carbocycles. The summed E-state index contributed by atoms with van der Waals surface area (Å²) in [6, 6.07) is 0.0805. The molecular formula is C12H19ClN6O2. The van der Waals surface area contributed by atoms with Gasteiger partial charge in [-0.2, -0.15) is 0 Å². The summed E-state index contributed by atoms with van der Waals surface area (Å²) in [5, 5.41) is 0. The Labute approximate surface area is 127 Å². The lowest BCUT2D eigenvalue weighted by atomic mass is 10.4. The molecule has 2 heterocycles. The maximum Gasteiger partial charge on any atom is 0.332 e. The van der Waals surface area contributed by atoms with Crippen LogP contribution < -0.4 is 17.0 Å². The van der Waals surface area contributed by atoms with E-state index in [1.165, 1.54) is 17.9 Å². The van der Waals surface area contributed by atoms with E-state index in [0.717, 1.165) is 4.57 Å². The van der Waals surface area contributed by atoms with E-state index in [4.69, 9.17) is 5.73 Å². The van der Waals surface area contributed by atoms with Crippen LogP contribution in [0.4, 0.5) is 0 Å². The Bertz CT molecular complexity index is 798. The standard InChI is InChI=1S/C12H18N6O2.ClH/c1-7(2)15-8(13)5-18-6-14-10-9(18)11(19)17(4)12(20)16(10)3;/h6-7H,5H2,1-4H3,(H2,13,15);1H. The Morgan fingerprint density at radius 1 is 1.33 bits per heavy atom. The van der Waals surface area contributed by atoms with Crippen LogP contribution in [-0.2, 0) is 20.6 Å². The van der Waals surface area contributed by atoms with Crippen LogP contribution in [0.3, 0.4) is 0 Å². The van der Waals surface area contributed by atoms with Crippen molar-refractivity contribution in [3.63, 3.8) is 0 Å². The first-order chi connectivity index (χ1) is 9.32. The second-order valence-corrected chi connectivity index (χ2v) is 4.96. The second-order valence-electron chi connectivity index (χ2n) is 4.96. The lowest BCUT2D eigenvalue weighted by molar-refractivity contribution is 0.704. The van der Waals surface area contributed by atoms with Crippen LogP contribution in [0, 0.1) is 0 Å². The molecule has 0 unspecified atom stereocenters. The minimum Gasteiger partial charge on any atom is -0.386 e. The van der Waals surface area contributed by atoms with E-state index >= 15 is 0 Å². The number of nitrogens with zero attached hydrogens (tertiary/aromatic N) is 5. The molecule has 2 N–H and O–H groups in total. The average molecular weight is 315 g/mol. The average Bonchev–Trinajstić information content (AvgIpc) is 2.76. The largest absolute Gasteiger partial charge is 0.386 e. The zero-order valence-corrected chi connectivity index (χ0v) is 13.2. The molecule has 0 aliphatic heterocycles. The first-order valence-electron chi connectivity index (χ1n) is 6.26. The van der Waals surface area contributed by atoms with Gasteiger partial charge in [-0.15, -0.1) is 12.4 Å². The number of aromatic nitrogens is 4. The molecule has 0 spiro atoms. The van der Waals surface area contributed by atoms with E-state index in [-0.39, 0.29) is 25.0 Å². The minimum atomic E-state index is -0.406. The summed E-state index contributed by atoms with van der Waals surface area (Å²) in [5.41, 5.74) is 5.73. The van der Waals surface area contributed by atoms with Gasteiger partial charge in [0, 0.05) is 20.1 Å². The third-order valence-electron chi connectivity index (χ3n) is 2.97. The van der Waals surface area contributed by atoms with E-state index in [0.29, 0.717) is 17.0 Å². The molecule has 2 aromatic rings. The highest BCUT2D eigenvalue weighted by atomic mass is 35.5. The molecule has 116 valence electrons. The molecule has 2 rings (SSSR count). The van der Waals surface area contributed by atoms with E-state index in [1.54, 1.807) is 11.6 Å². The predicted octanol–water partition coefficient (Wildman–Crippen LogP) is -0.379. The van der Waals surface area contributed by atoms with Gasteiger partial charge in [0.2, 0.25) is 0 Å². The highest BCUT2D eigenvalue weighted by molar-refractivity contribution is 5.85. The van der Waals surface area contributed by atoms with Gasteiger partial charge in [0.05, 0.1) is 12.9 Å². The van der Waals surface area contributed by atoms with Gasteiger partial charge in [-0.1, -0.05) is 0 Å². The number of imidazole rings is 1. The molecule has 0 radical (unpaired) electrons. The highest BCUT2D eigenvalue weighted by Crippen LogP contribution is 2.05. The fraction of sp³-hybridized carbons (Fsp3) is 0.500. The summed E-state index contributed by atoms with van der Waals surface area (Å²) in [6.07, 6.45) is 1.49. The Morgan fingerprint density at radius 2 is 1.95 bits per heavy atom. The second kappa shape index (κ2) is 6.13. The van der Waals surface area contributed by atoms with Crippen LogP contribution in [0.5, 0.6) is 0 Å². The molecule has 0 saturated heterocycles. The minimum absolute atomic E-state index is 0. The lowest BCUT2D eigenvalue weighted by Crippen LogP contribution is -2.38. The number of rotatable bonds is 3. The van der Waals surface area contributed by atoms with Crippen molar-refractivity contribution in [3.05, 3.63) is 27.2 Å². The lowest BCUT2D eigenvalue weighted by Gasteiger charge is -2.07. The van der Waals surface area contributed by atoms with Crippen LogP contribution in [0.2, 0.25) is 0 Å². The van der Waals surface area contributed by atoms with E-state index in [1.807, 2.05) is 13.8 Å². The van der Waals surface area contributed by atoms with E-state index < -0.39 is 11.2 Å². The number of amidine groups is 1. The van der Waals surface area contributed by atoms with Crippen molar-refractivity contribution in [2.45, 2.75) is 26.4 Å². The third kappa shape index (κ3) is 2.99. The van der Waals surface area contributed by atoms with Crippen LogP contribution in [0.1, 0.15) is 13.8 Å². The van der Waals surface area contributed by atoms with Gasteiger partial charge in [0.25, 0.3) is 5.56 Å². The van der Waals surface area contributed by atoms with E-state index in [2.05, 4.69) is 9.98 Å². The summed E-state index contributed by atoms with van der Waals surface area (Å²) in [5.74, 6) is 0.412. The Balaban J connectivity index is 0.00000220. The summed E-state index contributed by atoms with van der Waals surface area (Å²) in [4.78, 5) is 32.3. The molecule has 0 saturated carbocycles. The quantitative estimate of drug-likeness (QED) is 0.616. The van der Waals surface area contributed by atoms with Gasteiger partial charge >= 0.3 is 5.69 Å². The van der Waals surface area contributed by atoms with Crippen molar-refractivity contribution in [1.82, 2.24) is 18.7 Å². The predicted molar refractivity (Wildman–Crippen MR) is 84.2 cm³/mol. The zero-order valence-electron chi connectivity index (χ0n) is 12.4. The van der Waals surface area contributed by atoms with Gasteiger partial charge in [-0.25, -0.2) is 9.78 Å². The van der Waals surface area contributed by atoms with Crippen molar-refractivity contribution in [1.29, 1.82) is 0 Å². The van der Waals surface area contributed by atoms with Gasteiger partial charge in [-0.3, -0.25) is 18.9 Å². The van der Waals surface area contributed by atoms with Crippen LogP contribution in [-0.4, -0.2) is 30.6 Å². The molecule has 2 aromatic heterocycles. The topological polar surface area (TPSA) is 100 Å². The number of nitrogens with two attached hydrogens (primary N) is 1. The summed E-state index contributed by atoms with van der Waals surface area (Å²) >= 11 is 0. The summed E-state index contributed by atoms with van der Waals surface area (Å²) in [7, 11) is 3.01. The van der Waals surface area contributed by atoms with Gasteiger partial charge in [0.15, 0.2) is 11.2 Å². The molecule has 0 aliphatic carbocycles. The molecule has 0 amide bonds. The maximum atomic E-state index is 12.2. The molecule has 8 nitrogen and oxygen atoms in total. The molecule has 9 heteroatoms. The van der Waals surface area contributed by atoms with Gasteiger partial charge in [0.1, 0.15) is 5.84 Å². The van der Waals surface area contributed by atoms with E-state index in [9.17, 15) is 9.59 Å². The first-order valence-corrected chi connectivity index (χ1v) is 6.26. The Morgan fingerprint density at radius 3 is 2.52 bits per heavy atom. The maximum absolute atomic E-state index is 12.2. The van der Waals surface area contributed by atoms with Crippen molar-refractivity contribution >= 4 is 29.4 Å². The molecule has 0 fully saturated rings. The first kappa shape index (κ1) is 17.0. The van der Waals surface area contributed by atoms with Gasteiger partial charge in [-0.05, 0) is 13.8 Å². The third-order valence-corrected chi connectivity index (χ3v) is 2.97. The van der Waals surface area contributed by atoms with Crippen LogP contribution in [0.15, 0.2) is 20.9 Å². The fourth-order valence-electron chi connectivity index (χ4n) is 2.06. The number of aryl methyl sites for hydroxylation is 1. The van der Waals surface area contributed by atoms with Crippen molar-refractivity contribution in [3.8, 4) is 0 Å². The van der Waals surface area contributed by atoms with Crippen LogP contribution in [0.25, 0.3) is 11.2 Å². The monoisotopic (exact) mass is 314 g/mol. The van der Waals surface area contributed by atoms with Crippen molar-refractivity contribution in [2.24, 2.45) is 24.8 Å². The Kier molecular flexibility index (Phi) is 4.95. The number of halogens is 1. The molecule has 0 aliphatic rings. The van der Waals surface area contributed by atoms with Gasteiger partial charge < -0.3 is 10.3 Å². The Hall–Kier alpha value is -2.09. The number of fused-ring (bicyclic) bond motifs is 1. The SMILES string of the molecule is CC(C)N=C(N)Cn1cnc2c1c(=O)n(C)c(=O)n2C.Cl.